The van der Waals surface area contributed by atoms with E-state index < -0.39 is 0 Å². The first-order valence-electron chi connectivity index (χ1n) is 9.31. The highest BCUT2D eigenvalue weighted by Gasteiger charge is 2.06. The summed E-state index contributed by atoms with van der Waals surface area (Å²) in [6, 6.07) is 14.0. The Kier molecular flexibility index (Phi) is 6.92. The Hall–Kier alpha value is -2.99. The van der Waals surface area contributed by atoms with Crippen LogP contribution in [-0.2, 0) is 6.42 Å². The minimum atomic E-state index is 0.641. The van der Waals surface area contributed by atoms with E-state index in [9.17, 15) is 0 Å². The van der Waals surface area contributed by atoms with E-state index in [1.54, 1.807) is 20.4 Å². The number of likely N-dealkylation sites (N-methyl/N-ethyl adjacent to an activating group) is 1. The van der Waals surface area contributed by atoms with Crippen molar-refractivity contribution in [3.05, 3.63) is 60.4 Å². The maximum Gasteiger partial charge on any atom is 0.160 e. The highest BCUT2D eigenvalue weighted by atomic mass is 16.5. The van der Waals surface area contributed by atoms with Crippen LogP contribution < -0.4 is 14.2 Å². The Bertz CT molecular complexity index is 848. The van der Waals surface area contributed by atoms with Crippen LogP contribution in [0.3, 0.4) is 0 Å². The van der Waals surface area contributed by atoms with Gasteiger partial charge in [0.1, 0.15) is 18.2 Å². The molecule has 0 aliphatic carbocycles. The van der Waals surface area contributed by atoms with Crippen molar-refractivity contribution in [3.63, 3.8) is 0 Å². The summed E-state index contributed by atoms with van der Waals surface area (Å²) < 4.78 is 16.5. The van der Waals surface area contributed by atoms with Gasteiger partial charge in [0.2, 0.25) is 0 Å². The van der Waals surface area contributed by atoms with Crippen LogP contribution >= 0.6 is 0 Å². The van der Waals surface area contributed by atoms with Crippen molar-refractivity contribution in [1.29, 1.82) is 0 Å². The molecule has 1 heterocycles. The molecule has 3 rings (SSSR count). The van der Waals surface area contributed by atoms with Crippen molar-refractivity contribution in [2.24, 2.45) is 0 Å². The summed E-state index contributed by atoms with van der Waals surface area (Å²) in [5, 5.41) is 0. The lowest BCUT2D eigenvalue weighted by atomic mass is 10.1. The van der Waals surface area contributed by atoms with Gasteiger partial charge >= 0.3 is 0 Å². The molecule has 0 fully saturated rings. The average molecular weight is 381 g/mol. The maximum atomic E-state index is 5.86. The van der Waals surface area contributed by atoms with E-state index in [1.165, 1.54) is 5.56 Å². The first-order chi connectivity index (χ1) is 13.7. The highest BCUT2D eigenvalue weighted by Crippen LogP contribution is 2.27. The number of H-pyrrole nitrogens is 1. The lowest BCUT2D eigenvalue weighted by Gasteiger charge is -2.17. The number of ether oxygens (including phenoxy) is 3. The summed E-state index contributed by atoms with van der Waals surface area (Å²) in [7, 11) is 5.41. The SMILES string of the molecule is COc1ccc(CCN(C)CCOc2ccc(-c3ncc[nH]3)cc2)cc1OC. The molecule has 0 bridgehead atoms. The van der Waals surface area contributed by atoms with Crippen molar-refractivity contribution in [2.45, 2.75) is 6.42 Å². The van der Waals surface area contributed by atoms with Crippen molar-refractivity contribution < 1.29 is 14.2 Å². The number of hydrogen-bond donors (Lipinski definition) is 1. The summed E-state index contributed by atoms with van der Waals surface area (Å²) in [5.74, 6) is 3.25. The molecule has 0 aliphatic rings. The van der Waals surface area contributed by atoms with E-state index in [1.807, 2.05) is 42.6 Å². The zero-order valence-corrected chi connectivity index (χ0v) is 16.6. The van der Waals surface area contributed by atoms with Crippen molar-refractivity contribution >= 4 is 0 Å². The summed E-state index contributed by atoms with van der Waals surface area (Å²) in [6.07, 6.45) is 4.50. The quantitative estimate of drug-likeness (QED) is 0.581. The van der Waals surface area contributed by atoms with Gasteiger partial charge in [-0.25, -0.2) is 4.98 Å². The number of hydrogen-bond acceptors (Lipinski definition) is 5. The molecule has 0 atom stereocenters. The molecule has 0 radical (unpaired) electrons. The summed E-state index contributed by atoms with van der Waals surface area (Å²) >= 11 is 0. The topological polar surface area (TPSA) is 59.6 Å². The monoisotopic (exact) mass is 381 g/mol. The van der Waals surface area contributed by atoms with Gasteiger partial charge in [-0.1, -0.05) is 6.07 Å². The fraction of sp³-hybridized carbons (Fsp3) is 0.318. The van der Waals surface area contributed by atoms with Crippen LogP contribution in [0.25, 0.3) is 11.4 Å². The van der Waals surface area contributed by atoms with Crippen LogP contribution in [0.4, 0.5) is 0 Å². The van der Waals surface area contributed by atoms with Crippen LogP contribution in [-0.4, -0.2) is 55.8 Å². The molecule has 2 aromatic carbocycles. The molecule has 1 aromatic heterocycles. The van der Waals surface area contributed by atoms with Gasteiger partial charge < -0.3 is 24.1 Å². The fourth-order valence-corrected chi connectivity index (χ4v) is 2.92. The second kappa shape index (κ2) is 9.80. The maximum absolute atomic E-state index is 5.86. The average Bonchev–Trinajstić information content (AvgIpc) is 3.27. The van der Waals surface area contributed by atoms with Gasteiger partial charge in [-0.05, 0) is 55.4 Å². The number of rotatable bonds is 10. The van der Waals surface area contributed by atoms with Crippen LogP contribution in [0.2, 0.25) is 0 Å². The standard InChI is InChI=1S/C22H27N3O3/c1-25(13-10-17-4-9-20(26-2)21(16-17)27-3)14-15-28-19-7-5-18(6-8-19)22-23-11-12-24-22/h4-9,11-12,16H,10,13-15H2,1-3H3,(H,23,24). The van der Waals surface area contributed by atoms with Gasteiger partial charge in [-0.2, -0.15) is 0 Å². The van der Waals surface area contributed by atoms with Gasteiger partial charge in [0.25, 0.3) is 0 Å². The number of benzene rings is 2. The van der Waals surface area contributed by atoms with Crippen molar-refractivity contribution in [3.8, 4) is 28.6 Å². The van der Waals surface area contributed by atoms with E-state index in [0.29, 0.717) is 6.61 Å². The second-order valence-electron chi connectivity index (χ2n) is 6.55. The molecule has 28 heavy (non-hydrogen) atoms. The van der Waals surface area contributed by atoms with E-state index in [-0.39, 0.29) is 0 Å². The number of imidazole rings is 1. The van der Waals surface area contributed by atoms with Gasteiger partial charge in [0.15, 0.2) is 11.5 Å². The molecule has 3 aromatic rings. The summed E-state index contributed by atoms with van der Waals surface area (Å²) in [6.45, 7) is 2.44. The molecule has 0 amide bonds. The van der Waals surface area contributed by atoms with E-state index in [0.717, 1.165) is 48.1 Å². The third kappa shape index (κ3) is 5.27. The van der Waals surface area contributed by atoms with E-state index >= 15 is 0 Å². The van der Waals surface area contributed by atoms with Crippen molar-refractivity contribution in [1.82, 2.24) is 14.9 Å². The van der Waals surface area contributed by atoms with Crippen molar-refractivity contribution in [2.75, 3.05) is 41.0 Å². The van der Waals surface area contributed by atoms with Gasteiger partial charge in [-0.3, -0.25) is 0 Å². The predicted octanol–water partition coefficient (Wildman–Crippen LogP) is 3.65. The molecule has 6 heteroatoms. The second-order valence-corrected chi connectivity index (χ2v) is 6.55. The largest absolute Gasteiger partial charge is 0.493 e. The third-order valence-corrected chi connectivity index (χ3v) is 4.60. The molecule has 148 valence electrons. The molecular formula is C22H27N3O3. The Morgan fingerprint density at radius 3 is 2.43 bits per heavy atom. The molecular weight excluding hydrogens is 354 g/mol. The number of aromatic nitrogens is 2. The Morgan fingerprint density at radius 1 is 0.964 bits per heavy atom. The first kappa shape index (κ1) is 19.8. The normalized spacial score (nSPS) is 10.9. The number of methoxy groups -OCH3 is 2. The summed E-state index contributed by atoms with van der Waals surface area (Å²) in [4.78, 5) is 9.61. The molecule has 1 N–H and O–H groups in total. The minimum Gasteiger partial charge on any atom is -0.493 e. The number of nitrogens with zero attached hydrogens (tertiary/aromatic N) is 2. The highest BCUT2D eigenvalue weighted by molar-refractivity contribution is 5.55. The van der Waals surface area contributed by atoms with Gasteiger partial charge in [0.05, 0.1) is 14.2 Å². The third-order valence-electron chi connectivity index (χ3n) is 4.60. The van der Waals surface area contributed by atoms with Gasteiger partial charge in [0, 0.05) is 31.0 Å². The molecule has 0 saturated carbocycles. The molecule has 0 saturated heterocycles. The Morgan fingerprint density at radius 2 is 1.75 bits per heavy atom. The molecule has 0 spiro atoms. The summed E-state index contributed by atoms with van der Waals surface area (Å²) in [5.41, 5.74) is 2.27. The number of nitrogens with one attached hydrogen (secondary N) is 1. The minimum absolute atomic E-state index is 0.641. The number of aromatic amines is 1. The van der Waals surface area contributed by atoms with Crippen LogP contribution in [0.1, 0.15) is 5.56 Å². The molecule has 0 unspecified atom stereocenters. The van der Waals surface area contributed by atoms with Crippen LogP contribution in [0.5, 0.6) is 17.2 Å². The van der Waals surface area contributed by atoms with Crippen LogP contribution in [0.15, 0.2) is 54.9 Å². The van der Waals surface area contributed by atoms with Gasteiger partial charge in [-0.15, -0.1) is 0 Å². The molecule has 6 nitrogen and oxygen atoms in total. The lowest BCUT2D eigenvalue weighted by Crippen LogP contribution is -2.26. The Labute approximate surface area is 166 Å². The Balaban J connectivity index is 1.41. The van der Waals surface area contributed by atoms with E-state index in [4.69, 9.17) is 14.2 Å². The zero-order chi connectivity index (χ0) is 19.8. The van der Waals surface area contributed by atoms with E-state index in [2.05, 4.69) is 28.0 Å². The van der Waals surface area contributed by atoms with Crippen LogP contribution in [0, 0.1) is 0 Å². The lowest BCUT2D eigenvalue weighted by molar-refractivity contribution is 0.239. The first-order valence-corrected chi connectivity index (χ1v) is 9.31. The smallest absolute Gasteiger partial charge is 0.160 e. The molecule has 0 aliphatic heterocycles. The predicted molar refractivity (Wildman–Crippen MR) is 110 cm³/mol. The fourth-order valence-electron chi connectivity index (χ4n) is 2.92. The zero-order valence-electron chi connectivity index (χ0n) is 16.6.